The molecule has 9 atom stereocenters. The molecule has 0 aliphatic heterocycles. The van der Waals surface area contributed by atoms with E-state index in [9.17, 15) is 0 Å². The Kier molecular flexibility index (Phi) is 24.0. The Hall–Kier alpha value is -0.940. The fourth-order valence-corrected chi connectivity index (χ4v) is 12.8. The summed E-state index contributed by atoms with van der Waals surface area (Å²) in [6, 6.07) is 0. The fourth-order valence-electron chi connectivity index (χ4n) is 12.8. The van der Waals surface area contributed by atoms with Crippen molar-refractivity contribution in [2.24, 2.45) is 52.3 Å². The van der Waals surface area contributed by atoms with E-state index in [1.54, 1.807) is 0 Å². The average Bonchev–Trinajstić information content (AvgIpc) is 3.57. The Morgan fingerprint density at radius 2 is 1.46 bits per heavy atom. The Morgan fingerprint density at radius 1 is 0.729 bits per heavy atom. The summed E-state index contributed by atoms with van der Waals surface area (Å²) in [7, 11) is 4.24. The maximum Gasteiger partial charge on any atom is 0.0935 e. The van der Waals surface area contributed by atoms with Gasteiger partial charge in [-0.25, -0.2) is 0 Å². The second-order valence-electron chi connectivity index (χ2n) is 21.6. The van der Waals surface area contributed by atoms with Gasteiger partial charge in [0.1, 0.15) is 0 Å². The standard InChI is InChI=1S/C55H99NO3/c1-9-10-11-12-13-14-15-16-17-18-19-20-21-22-23-24-38-58-44-49(43-56(7)8)59-41-40-57-39-26-29-47-34-36-54(5)48(42-47)30-31-50-52-33-32-51(46(4)28-25-27-45(2)3)55(52,6)37-35-53(50)54/h13-14,16-17,30,45-47,49-53H,9-12,15,18-29,31-44H2,1-8H3/b14-13-,17-16-/t46?,47-,49?,50?,51?,52?,53?,54-,55+/m0/s1. The zero-order valence-electron chi connectivity index (χ0n) is 40.6. The van der Waals surface area contributed by atoms with Gasteiger partial charge in [-0.1, -0.05) is 135 Å². The maximum absolute atomic E-state index is 6.26. The van der Waals surface area contributed by atoms with Crippen molar-refractivity contribution >= 4 is 0 Å². The third kappa shape index (κ3) is 16.9. The van der Waals surface area contributed by atoms with Crippen LogP contribution in [0.3, 0.4) is 0 Å². The molecule has 0 amide bonds. The largest absolute Gasteiger partial charge is 0.379 e. The molecule has 59 heavy (non-hydrogen) atoms. The number of likely N-dealkylation sites (N-methyl/N-ethyl adjacent to an activating group) is 1. The van der Waals surface area contributed by atoms with Gasteiger partial charge in [0.25, 0.3) is 0 Å². The van der Waals surface area contributed by atoms with Gasteiger partial charge in [-0.2, -0.15) is 0 Å². The van der Waals surface area contributed by atoms with Crippen LogP contribution in [-0.2, 0) is 14.2 Å². The van der Waals surface area contributed by atoms with Gasteiger partial charge in [0.05, 0.1) is 25.9 Å². The molecule has 4 aliphatic carbocycles. The van der Waals surface area contributed by atoms with E-state index >= 15 is 0 Å². The number of hydrogen-bond donors (Lipinski definition) is 0. The number of ether oxygens (including phenoxy) is 3. The number of allylic oxidation sites excluding steroid dienone is 6. The van der Waals surface area contributed by atoms with Crippen LogP contribution in [0, 0.1) is 52.3 Å². The number of unbranched alkanes of at least 4 members (excludes halogenated alkanes) is 9. The smallest absolute Gasteiger partial charge is 0.0935 e. The van der Waals surface area contributed by atoms with Crippen LogP contribution in [0.1, 0.15) is 202 Å². The monoisotopic (exact) mass is 822 g/mol. The van der Waals surface area contributed by atoms with Crippen LogP contribution in [0.25, 0.3) is 0 Å². The summed E-state index contributed by atoms with van der Waals surface area (Å²) in [6.45, 7) is 19.7. The second-order valence-corrected chi connectivity index (χ2v) is 21.6. The van der Waals surface area contributed by atoms with Crippen molar-refractivity contribution in [2.45, 2.75) is 208 Å². The SMILES string of the molecule is CCCCC/C=C\C/C=C\CCCCCCCCOCC(CN(C)C)OCCOCCC[C@H]1CC[C@@]2(C)C(=CCC3C4CCC(C(C)CCCC(C)C)[C@@]4(C)CCC32)C1. The van der Waals surface area contributed by atoms with Gasteiger partial charge in [0.2, 0.25) is 0 Å². The number of nitrogens with zero attached hydrogens (tertiary/aromatic N) is 1. The maximum atomic E-state index is 6.26. The molecule has 0 aromatic carbocycles. The van der Waals surface area contributed by atoms with Crippen molar-refractivity contribution in [1.82, 2.24) is 4.90 Å². The van der Waals surface area contributed by atoms with Crippen molar-refractivity contribution in [2.75, 3.05) is 53.7 Å². The van der Waals surface area contributed by atoms with Gasteiger partial charge >= 0.3 is 0 Å². The van der Waals surface area contributed by atoms with Crippen LogP contribution in [0.15, 0.2) is 36.0 Å². The Labute approximate surface area is 367 Å². The van der Waals surface area contributed by atoms with Crippen LogP contribution >= 0.6 is 0 Å². The molecule has 4 nitrogen and oxygen atoms in total. The molecule has 0 heterocycles. The number of rotatable bonds is 32. The van der Waals surface area contributed by atoms with Crippen molar-refractivity contribution in [3.05, 3.63) is 36.0 Å². The Balaban J connectivity index is 1.02. The van der Waals surface area contributed by atoms with Crippen molar-refractivity contribution in [3.63, 3.8) is 0 Å². The Morgan fingerprint density at radius 3 is 2.20 bits per heavy atom. The first-order chi connectivity index (χ1) is 28.6. The molecule has 0 N–H and O–H groups in total. The Bertz CT molecular complexity index is 1190. The van der Waals surface area contributed by atoms with Gasteiger partial charge < -0.3 is 19.1 Å². The van der Waals surface area contributed by atoms with Crippen LogP contribution in [0.2, 0.25) is 0 Å². The van der Waals surface area contributed by atoms with Crippen molar-refractivity contribution in [3.8, 4) is 0 Å². The van der Waals surface area contributed by atoms with E-state index in [0.29, 0.717) is 30.7 Å². The predicted octanol–water partition coefficient (Wildman–Crippen LogP) is 15.2. The van der Waals surface area contributed by atoms with Gasteiger partial charge in [0.15, 0.2) is 0 Å². The highest BCUT2D eigenvalue weighted by Crippen LogP contribution is 2.67. The first-order valence-electron chi connectivity index (χ1n) is 26.0. The van der Waals surface area contributed by atoms with E-state index in [2.05, 4.69) is 90.9 Å². The summed E-state index contributed by atoms with van der Waals surface area (Å²) >= 11 is 0. The summed E-state index contributed by atoms with van der Waals surface area (Å²) in [6.07, 6.45) is 45.9. The molecular weight excluding hydrogens is 723 g/mol. The van der Waals surface area contributed by atoms with Gasteiger partial charge in [-0.05, 0) is 169 Å². The highest BCUT2D eigenvalue weighted by molar-refractivity contribution is 5.25. The molecule has 0 spiro atoms. The molecule has 342 valence electrons. The molecule has 4 aliphatic rings. The second kappa shape index (κ2) is 28.0. The lowest BCUT2D eigenvalue weighted by Gasteiger charge is -2.58. The van der Waals surface area contributed by atoms with E-state index in [1.807, 2.05) is 5.57 Å². The quantitative estimate of drug-likeness (QED) is 0.0500. The number of hydrogen-bond acceptors (Lipinski definition) is 4. The summed E-state index contributed by atoms with van der Waals surface area (Å²) < 4.78 is 18.5. The molecule has 3 saturated carbocycles. The molecule has 6 unspecified atom stereocenters. The molecule has 0 aromatic heterocycles. The van der Waals surface area contributed by atoms with E-state index in [4.69, 9.17) is 14.2 Å². The lowest BCUT2D eigenvalue weighted by molar-refractivity contribution is -0.0536. The molecule has 4 heteroatoms. The molecule has 0 radical (unpaired) electrons. The van der Waals surface area contributed by atoms with E-state index in [1.165, 1.54) is 148 Å². The number of fused-ring (bicyclic) bond motifs is 5. The van der Waals surface area contributed by atoms with E-state index < -0.39 is 0 Å². The van der Waals surface area contributed by atoms with Crippen LogP contribution in [0.5, 0.6) is 0 Å². The molecule has 0 bridgehead atoms. The molecule has 3 fully saturated rings. The van der Waals surface area contributed by atoms with E-state index in [-0.39, 0.29) is 6.10 Å². The third-order valence-electron chi connectivity index (χ3n) is 16.3. The lowest BCUT2D eigenvalue weighted by Crippen LogP contribution is -2.50. The average molecular weight is 822 g/mol. The summed E-state index contributed by atoms with van der Waals surface area (Å²) in [5.74, 6) is 6.37. The van der Waals surface area contributed by atoms with Crippen LogP contribution < -0.4 is 0 Å². The van der Waals surface area contributed by atoms with Crippen LogP contribution in [0.4, 0.5) is 0 Å². The zero-order chi connectivity index (χ0) is 42.4. The minimum absolute atomic E-state index is 0.106. The van der Waals surface area contributed by atoms with E-state index in [0.717, 1.165) is 74.0 Å². The molecule has 4 rings (SSSR count). The lowest BCUT2D eigenvalue weighted by atomic mass is 9.46. The van der Waals surface area contributed by atoms with Crippen molar-refractivity contribution in [1.29, 1.82) is 0 Å². The zero-order valence-corrected chi connectivity index (χ0v) is 40.6. The van der Waals surface area contributed by atoms with Gasteiger partial charge in [0, 0.05) is 19.8 Å². The summed E-state index contributed by atoms with van der Waals surface area (Å²) in [5.41, 5.74) is 2.90. The highest BCUT2D eigenvalue weighted by Gasteiger charge is 2.59. The highest BCUT2D eigenvalue weighted by atomic mass is 16.5. The van der Waals surface area contributed by atoms with Gasteiger partial charge in [-0.15, -0.1) is 0 Å². The summed E-state index contributed by atoms with van der Waals surface area (Å²) in [4.78, 5) is 2.21. The first-order valence-corrected chi connectivity index (χ1v) is 26.0. The predicted molar refractivity (Wildman–Crippen MR) is 255 cm³/mol. The van der Waals surface area contributed by atoms with Crippen molar-refractivity contribution < 1.29 is 14.2 Å². The minimum atomic E-state index is 0.106. The first kappa shape index (κ1) is 50.7. The normalized spacial score (nSPS) is 29.3. The minimum Gasteiger partial charge on any atom is -0.379 e. The topological polar surface area (TPSA) is 30.9 Å². The fraction of sp³-hybridized carbons (Fsp3) is 0.891. The van der Waals surface area contributed by atoms with Crippen LogP contribution in [-0.4, -0.2) is 64.7 Å². The van der Waals surface area contributed by atoms with Gasteiger partial charge in [-0.3, -0.25) is 0 Å². The summed E-state index contributed by atoms with van der Waals surface area (Å²) in [5, 5.41) is 0. The molecule has 0 aromatic rings. The third-order valence-corrected chi connectivity index (χ3v) is 16.3. The molecular formula is C55H99NO3. The molecule has 0 saturated heterocycles.